The highest BCUT2D eigenvalue weighted by molar-refractivity contribution is 5.91. The Balaban J connectivity index is 1.24. The van der Waals surface area contributed by atoms with Crippen molar-refractivity contribution in [2.75, 3.05) is 53.2 Å². The van der Waals surface area contributed by atoms with E-state index in [2.05, 4.69) is 20.9 Å². The maximum absolute atomic E-state index is 12.9. The van der Waals surface area contributed by atoms with E-state index in [1.807, 2.05) is 42.5 Å². The number of fused-ring (bicyclic) bond motifs is 1. The number of hydrogen-bond donors (Lipinski definition) is 0. The lowest BCUT2D eigenvalue weighted by molar-refractivity contribution is 0.0320. The van der Waals surface area contributed by atoms with Crippen LogP contribution in [0.25, 0.3) is 0 Å². The molecule has 0 saturated carbocycles. The second kappa shape index (κ2) is 11.6. The van der Waals surface area contributed by atoms with Gasteiger partial charge in [0.1, 0.15) is 6.26 Å². The van der Waals surface area contributed by atoms with Crippen LogP contribution in [0.4, 0.5) is 0 Å². The van der Waals surface area contributed by atoms with Gasteiger partial charge in [0.05, 0.1) is 19.8 Å². The van der Waals surface area contributed by atoms with Crippen molar-refractivity contribution in [3.63, 3.8) is 0 Å². The first-order chi connectivity index (χ1) is 17.6. The molecular formula is C27H32N4O5. The van der Waals surface area contributed by atoms with Crippen LogP contribution in [0.3, 0.4) is 0 Å². The Morgan fingerprint density at radius 2 is 1.78 bits per heavy atom. The molecule has 0 bridgehead atoms. The van der Waals surface area contributed by atoms with Crippen molar-refractivity contribution in [2.45, 2.75) is 19.6 Å². The highest BCUT2D eigenvalue weighted by atomic mass is 16.7. The molecule has 0 aliphatic carbocycles. The lowest BCUT2D eigenvalue weighted by atomic mass is 10.2. The summed E-state index contributed by atoms with van der Waals surface area (Å²) in [5.41, 5.74) is 2.50. The van der Waals surface area contributed by atoms with Crippen LogP contribution in [0.15, 0.2) is 59.2 Å². The van der Waals surface area contributed by atoms with Gasteiger partial charge >= 0.3 is 0 Å². The molecule has 2 aliphatic rings. The maximum atomic E-state index is 12.9. The number of oxazole rings is 1. The largest absolute Gasteiger partial charge is 0.454 e. The fourth-order valence-corrected chi connectivity index (χ4v) is 4.42. The highest BCUT2D eigenvalue weighted by Crippen LogP contribution is 2.33. The number of carbonyl (C=O) groups excluding carboxylic acids is 1. The van der Waals surface area contributed by atoms with Crippen LogP contribution in [0.1, 0.15) is 27.5 Å². The van der Waals surface area contributed by atoms with Gasteiger partial charge < -0.3 is 23.5 Å². The zero-order chi connectivity index (χ0) is 24.7. The number of hydrogen-bond acceptors (Lipinski definition) is 8. The molecule has 1 fully saturated rings. The molecule has 190 valence electrons. The third kappa shape index (κ3) is 6.23. The van der Waals surface area contributed by atoms with Crippen LogP contribution in [0.2, 0.25) is 0 Å². The molecule has 36 heavy (non-hydrogen) atoms. The van der Waals surface area contributed by atoms with Crippen molar-refractivity contribution < 1.29 is 23.4 Å². The number of ether oxygens (including phenoxy) is 3. The fourth-order valence-electron chi connectivity index (χ4n) is 4.42. The van der Waals surface area contributed by atoms with Crippen LogP contribution in [-0.2, 0) is 24.4 Å². The molecule has 1 saturated heterocycles. The van der Waals surface area contributed by atoms with Gasteiger partial charge in [-0.25, -0.2) is 4.98 Å². The molecule has 0 N–H and O–H groups in total. The summed E-state index contributed by atoms with van der Waals surface area (Å²) in [6.07, 6.45) is 1.46. The maximum Gasteiger partial charge on any atom is 0.275 e. The smallest absolute Gasteiger partial charge is 0.275 e. The summed E-state index contributed by atoms with van der Waals surface area (Å²) in [6, 6.07) is 15.9. The average Bonchev–Trinajstić information content (AvgIpc) is 3.57. The summed E-state index contributed by atoms with van der Waals surface area (Å²) in [7, 11) is 1.78. The number of rotatable bonds is 10. The van der Waals surface area contributed by atoms with Crippen molar-refractivity contribution in [1.82, 2.24) is 19.7 Å². The summed E-state index contributed by atoms with van der Waals surface area (Å²) in [4.78, 5) is 23.8. The Kier molecular flexibility index (Phi) is 7.80. The molecule has 1 aromatic heterocycles. The van der Waals surface area contributed by atoms with Crippen molar-refractivity contribution >= 4 is 5.91 Å². The van der Waals surface area contributed by atoms with E-state index < -0.39 is 0 Å². The quantitative estimate of drug-likeness (QED) is 0.427. The fraction of sp³-hybridized carbons (Fsp3) is 0.407. The highest BCUT2D eigenvalue weighted by Gasteiger charge is 2.20. The molecule has 2 aromatic carbocycles. The van der Waals surface area contributed by atoms with Gasteiger partial charge in [0.15, 0.2) is 17.2 Å². The SMILES string of the molecule is CN(Cc1ccccc1)C(=O)c1coc(CN(CCN2CCOCC2)Cc2ccc3c(c2)OCO3)n1. The molecule has 0 radical (unpaired) electrons. The van der Waals surface area contributed by atoms with Crippen LogP contribution in [-0.4, -0.2) is 78.8 Å². The minimum absolute atomic E-state index is 0.163. The van der Waals surface area contributed by atoms with Gasteiger partial charge in [-0.2, -0.15) is 0 Å². The molecule has 1 amide bonds. The van der Waals surface area contributed by atoms with E-state index in [9.17, 15) is 4.79 Å². The van der Waals surface area contributed by atoms with E-state index in [4.69, 9.17) is 18.6 Å². The Morgan fingerprint density at radius 3 is 2.61 bits per heavy atom. The normalized spacial score (nSPS) is 15.4. The first-order valence-electron chi connectivity index (χ1n) is 12.3. The summed E-state index contributed by atoms with van der Waals surface area (Å²) in [5, 5.41) is 0. The van der Waals surface area contributed by atoms with E-state index in [1.165, 1.54) is 6.26 Å². The van der Waals surface area contributed by atoms with E-state index >= 15 is 0 Å². The van der Waals surface area contributed by atoms with Crippen LogP contribution in [0.5, 0.6) is 11.5 Å². The molecular weight excluding hydrogens is 460 g/mol. The zero-order valence-corrected chi connectivity index (χ0v) is 20.6. The second-order valence-corrected chi connectivity index (χ2v) is 9.13. The minimum atomic E-state index is -0.163. The van der Waals surface area contributed by atoms with E-state index in [1.54, 1.807) is 11.9 Å². The number of nitrogens with zero attached hydrogens (tertiary/aromatic N) is 4. The molecule has 3 heterocycles. The Labute approximate surface area is 211 Å². The molecule has 0 unspecified atom stereocenters. The molecule has 5 rings (SSSR count). The van der Waals surface area contributed by atoms with Gasteiger partial charge in [-0.15, -0.1) is 0 Å². The Morgan fingerprint density at radius 1 is 0.972 bits per heavy atom. The van der Waals surface area contributed by atoms with Gasteiger partial charge in [0.2, 0.25) is 12.7 Å². The van der Waals surface area contributed by atoms with Crippen LogP contribution >= 0.6 is 0 Å². The third-order valence-corrected chi connectivity index (χ3v) is 6.42. The van der Waals surface area contributed by atoms with Crippen LogP contribution in [0, 0.1) is 0 Å². The standard InChI is InChI=1S/C27H32N4O5/c1-29(16-21-5-3-2-4-6-21)27(32)23-19-34-26(28-23)18-31(10-9-30-11-13-33-14-12-30)17-22-7-8-24-25(15-22)36-20-35-24/h2-8,15,19H,9-14,16-18,20H2,1H3. The predicted octanol–water partition coefficient (Wildman–Crippen LogP) is 3.01. The average molecular weight is 493 g/mol. The monoisotopic (exact) mass is 492 g/mol. The number of benzene rings is 2. The summed E-state index contributed by atoms with van der Waals surface area (Å²) >= 11 is 0. The Hall–Kier alpha value is -3.40. The number of aromatic nitrogens is 1. The van der Waals surface area contributed by atoms with Crippen LogP contribution < -0.4 is 9.47 Å². The van der Waals surface area contributed by atoms with Gasteiger partial charge in [0.25, 0.3) is 5.91 Å². The lowest BCUT2D eigenvalue weighted by Crippen LogP contribution is -2.41. The second-order valence-electron chi connectivity index (χ2n) is 9.13. The number of morpholine rings is 1. The third-order valence-electron chi connectivity index (χ3n) is 6.42. The van der Waals surface area contributed by atoms with E-state index in [-0.39, 0.29) is 12.7 Å². The van der Waals surface area contributed by atoms with Gasteiger partial charge in [0, 0.05) is 46.3 Å². The number of carbonyl (C=O) groups is 1. The molecule has 2 aliphatic heterocycles. The molecule has 0 atom stereocenters. The summed E-state index contributed by atoms with van der Waals surface area (Å²) in [5.74, 6) is 1.90. The van der Waals surface area contributed by atoms with Crippen molar-refractivity contribution in [3.05, 3.63) is 77.5 Å². The summed E-state index contributed by atoms with van der Waals surface area (Å²) in [6.45, 7) is 7.10. The Bertz CT molecular complexity index is 1150. The molecule has 0 spiro atoms. The first kappa shape index (κ1) is 24.3. The van der Waals surface area contributed by atoms with E-state index in [0.29, 0.717) is 31.2 Å². The molecule has 9 heteroatoms. The van der Waals surface area contributed by atoms with Gasteiger partial charge in [-0.05, 0) is 23.3 Å². The minimum Gasteiger partial charge on any atom is -0.454 e. The van der Waals surface area contributed by atoms with Gasteiger partial charge in [-0.3, -0.25) is 14.6 Å². The van der Waals surface area contributed by atoms with E-state index in [0.717, 1.165) is 62.0 Å². The summed E-state index contributed by atoms with van der Waals surface area (Å²) < 4.78 is 22.2. The number of amides is 1. The first-order valence-corrected chi connectivity index (χ1v) is 12.3. The molecule has 9 nitrogen and oxygen atoms in total. The molecule has 3 aromatic rings. The van der Waals surface area contributed by atoms with Crippen molar-refractivity contribution in [3.8, 4) is 11.5 Å². The van der Waals surface area contributed by atoms with Crippen molar-refractivity contribution in [2.24, 2.45) is 0 Å². The van der Waals surface area contributed by atoms with Crippen molar-refractivity contribution in [1.29, 1.82) is 0 Å². The topological polar surface area (TPSA) is 80.5 Å². The zero-order valence-electron chi connectivity index (χ0n) is 20.6. The predicted molar refractivity (Wildman–Crippen MR) is 133 cm³/mol. The van der Waals surface area contributed by atoms with Gasteiger partial charge in [-0.1, -0.05) is 36.4 Å². The lowest BCUT2D eigenvalue weighted by Gasteiger charge is -2.29.